The second-order valence-corrected chi connectivity index (χ2v) is 6.22. The predicted molar refractivity (Wildman–Crippen MR) is 89.5 cm³/mol. The number of nitrogens with zero attached hydrogens (tertiary/aromatic N) is 2. The highest BCUT2D eigenvalue weighted by atomic mass is 19.4. The van der Waals surface area contributed by atoms with E-state index in [-0.39, 0.29) is 17.9 Å². The Morgan fingerprint density at radius 3 is 2.07 bits per heavy atom. The van der Waals surface area contributed by atoms with Gasteiger partial charge in [-0.1, -0.05) is 42.5 Å². The van der Waals surface area contributed by atoms with Gasteiger partial charge < -0.3 is 10.0 Å². The lowest BCUT2D eigenvalue weighted by Gasteiger charge is -2.44. The predicted octanol–water partition coefficient (Wildman–Crippen LogP) is 4.43. The number of aliphatic hydroxyl groups excluding tert-OH is 1. The van der Waals surface area contributed by atoms with Gasteiger partial charge in [-0.15, -0.1) is 13.2 Å². The van der Waals surface area contributed by atoms with Crippen molar-refractivity contribution in [3.05, 3.63) is 60.2 Å². The Morgan fingerprint density at radius 1 is 0.929 bits per heavy atom. The van der Waals surface area contributed by atoms with E-state index in [4.69, 9.17) is 0 Å². The number of hydrogen-bond donors (Lipinski definition) is 1. The van der Waals surface area contributed by atoms with Crippen LogP contribution in [0, 0.1) is 0 Å². The van der Waals surface area contributed by atoms with Crippen LogP contribution in [0.3, 0.4) is 0 Å². The summed E-state index contributed by atoms with van der Waals surface area (Å²) >= 11 is 0. The quantitative estimate of drug-likeness (QED) is 0.763. The summed E-state index contributed by atoms with van der Waals surface area (Å²) in [5.41, 5.74) is 0.540. The minimum Gasteiger partial charge on any atom is -0.382 e. The van der Waals surface area contributed by atoms with Gasteiger partial charge in [0.05, 0.1) is 30.5 Å². The highest BCUT2D eigenvalue weighted by Gasteiger charge is 2.44. The van der Waals surface area contributed by atoms with Crippen LogP contribution >= 0.6 is 0 Å². The molecule has 1 aliphatic heterocycles. The molecule has 1 heterocycles. The van der Waals surface area contributed by atoms with Crippen molar-refractivity contribution in [3.8, 4) is 0 Å². The molecule has 152 valence electrons. The van der Waals surface area contributed by atoms with E-state index in [2.05, 4.69) is 4.84 Å². The number of alkyl halides is 6. The van der Waals surface area contributed by atoms with Gasteiger partial charge in [0.1, 0.15) is 0 Å². The van der Waals surface area contributed by atoms with Crippen molar-refractivity contribution < 1.29 is 36.3 Å². The van der Waals surface area contributed by atoms with Crippen LogP contribution in [0.15, 0.2) is 54.6 Å². The molecule has 0 bridgehead atoms. The SMILES string of the molecule is OC(CN1c2ccccc2N(OC(F)(F)F)CC1c1ccccc1)C(F)(F)F. The van der Waals surface area contributed by atoms with E-state index in [0.29, 0.717) is 10.6 Å². The van der Waals surface area contributed by atoms with Gasteiger partial charge >= 0.3 is 12.5 Å². The van der Waals surface area contributed by atoms with E-state index in [1.165, 1.54) is 29.2 Å². The lowest BCUT2D eigenvalue weighted by atomic mass is 10.00. The van der Waals surface area contributed by atoms with Crippen LogP contribution in [-0.4, -0.2) is 36.8 Å². The molecule has 0 saturated carbocycles. The average Bonchev–Trinajstić information content (AvgIpc) is 2.62. The van der Waals surface area contributed by atoms with Gasteiger partial charge in [-0.2, -0.15) is 18.0 Å². The number of hydroxylamine groups is 1. The van der Waals surface area contributed by atoms with Gasteiger partial charge in [-0.3, -0.25) is 0 Å². The lowest BCUT2D eigenvalue weighted by molar-refractivity contribution is -0.330. The maximum absolute atomic E-state index is 12.9. The maximum Gasteiger partial charge on any atom is 0.544 e. The van der Waals surface area contributed by atoms with Crippen LogP contribution < -0.4 is 9.96 Å². The van der Waals surface area contributed by atoms with Gasteiger partial charge in [-0.05, 0) is 17.7 Å². The van der Waals surface area contributed by atoms with Gasteiger partial charge in [0.15, 0.2) is 6.10 Å². The van der Waals surface area contributed by atoms with Crippen molar-refractivity contribution in [1.82, 2.24) is 0 Å². The molecule has 0 aliphatic carbocycles. The second-order valence-electron chi connectivity index (χ2n) is 6.22. The molecule has 1 aliphatic rings. The van der Waals surface area contributed by atoms with Gasteiger partial charge in [0.2, 0.25) is 0 Å². The Labute approximate surface area is 156 Å². The number of fused-ring (bicyclic) bond motifs is 1. The van der Waals surface area contributed by atoms with Crippen molar-refractivity contribution in [2.75, 3.05) is 23.1 Å². The Morgan fingerprint density at radius 2 is 1.50 bits per heavy atom. The summed E-state index contributed by atoms with van der Waals surface area (Å²) in [6.07, 6.45) is -12.5. The first-order valence-corrected chi connectivity index (χ1v) is 8.25. The van der Waals surface area contributed by atoms with E-state index < -0.39 is 31.2 Å². The van der Waals surface area contributed by atoms with Crippen molar-refractivity contribution in [2.24, 2.45) is 0 Å². The normalized spacial score (nSPS) is 18.8. The summed E-state index contributed by atoms with van der Waals surface area (Å²) in [5, 5.41) is 10.2. The van der Waals surface area contributed by atoms with E-state index in [0.717, 1.165) is 0 Å². The van der Waals surface area contributed by atoms with Crippen LogP contribution in [-0.2, 0) is 4.84 Å². The van der Waals surface area contributed by atoms with Crippen molar-refractivity contribution in [2.45, 2.75) is 24.7 Å². The largest absolute Gasteiger partial charge is 0.544 e. The Kier molecular flexibility index (Phi) is 5.44. The summed E-state index contributed by atoms with van der Waals surface area (Å²) < 4.78 is 77.4. The number of para-hydroxylation sites is 2. The number of hydrogen-bond acceptors (Lipinski definition) is 4. The first kappa shape index (κ1) is 20.3. The van der Waals surface area contributed by atoms with Gasteiger partial charge in [-0.25, -0.2) is 5.06 Å². The van der Waals surface area contributed by atoms with Crippen LogP contribution in [0.5, 0.6) is 0 Å². The van der Waals surface area contributed by atoms with E-state index in [1.54, 1.807) is 30.3 Å². The third-order valence-electron chi connectivity index (χ3n) is 4.32. The zero-order valence-electron chi connectivity index (χ0n) is 14.3. The van der Waals surface area contributed by atoms with Crippen molar-refractivity contribution in [3.63, 3.8) is 0 Å². The second kappa shape index (κ2) is 7.51. The molecule has 1 N–H and O–H groups in total. The van der Waals surface area contributed by atoms with Gasteiger partial charge in [0.25, 0.3) is 0 Å². The number of aliphatic hydroxyl groups is 1. The fourth-order valence-electron chi connectivity index (χ4n) is 3.13. The van der Waals surface area contributed by atoms with Crippen LogP contribution in [0.2, 0.25) is 0 Å². The molecule has 2 aromatic carbocycles. The molecule has 0 aromatic heterocycles. The fourth-order valence-corrected chi connectivity index (χ4v) is 3.13. The highest BCUT2D eigenvalue weighted by Crippen LogP contribution is 2.43. The lowest BCUT2D eigenvalue weighted by Crippen LogP contribution is -2.50. The number of anilines is 2. The van der Waals surface area contributed by atoms with Crippen LogP contribution in [0.1, 0.15) is 11.6 Å². The molecule has 0 fully saturated rings. The molecule has 4 nitrogen and oxygen atoms in total. The molecule has 2 atom stereocenters. The molecule has 2 aromatic rings. The molecular weight excluding hydrogens is 390 g/mol. The summed E-state index contributed by atoms with van der Waals surface area (Å²) in [5.74, 6) is 0. The summed E-state index contributed by atoms with van der Waals surface area (Å²) in [6.45, 7) is -1.22. The molecular formula is C18H16F6N2O2. The zero-order valence-corrected chi connectivity index (χ0v) is 14.3. The molecule has 28 heavy (non-hydrogen) atoms. The van der Waals surface area contributed by atoms with E-state index in [9.17, 15) is 31.4 Å². The molecule has 0 amide bonds. The van der Waals surface area contributed by atoms with Crippen LogP contribution in [0.4, 0.5) is 37.7 Å². The molecule has 0 saturated heterocycles. The monoisotopic (exact) mass is 406 g/mol. The summed E-state index contributed by atoms with van der Waals surface area (Å²) in [4.78, 5) is 5.35. The Hall–Kier alpha value is -2.46. The number of rotatable bonds is 4. The standard InChI is InChI=1S/C18H16F6N2O2/c19-17(20,21)16(27)11-25-13-8-4-5-9-14(13)26(28-18(22,23)24)10-15(25)12-6-2-1-3-7-12/h1-9,15-16,27H,10-11H2. The number of β-amino-alcohol motifs (C(OH)–C–C–N with tert-alkyl or cyclic N) is 1. The summed E-state index contributed by atoms with van der Waals surface area (Å²) in [6, 6.07) is 12.9. The number of benzene rings is 2. The van der Waals surface area contributed by atoms with Crippen LogP contribution in [0.25, 0.3) is 0 Å². The minimum absolute atomic E-state index is 0.0404. The third kappa shape index (κ3) is 4.50. The van der Waals surface area contributed by atoms with Gasteiger partial charge in [0, 0.05) is 0 Å². The molecule has 10 heteroatoms. The first-order chi connectivity index (χ1) is 13.1. The van der Waals surface area contributed by atoms with E-state index >= 15 is 0 Å². The van der Waals surface area contributed by atoms with Crippen molar-refractivity contribution >= 4 is 11.4 Å². The molecule has 2 unspecified atom stereocenters. The summed E-state index contributed by atoms with van der Waals surface area (Å²) in [7, 11) is 0. The Balaban J connectivity index is 2.05. The molecule has 3 rings (SSSR count). The van der Waals surface area contributed by atoms with E-state index in [1.807, 2.05) is 0 Å². The fraction of sp³-hybridized carbons (Fsp3) is 0.333. The smallest absolute Gasteiger partial charge is 0.382 e. The molecule has 0 radical (unpaired) electrons. The Bertz CT molecular complexity index is 797. The average molecular weight is 406 g/mol. The molecule has 0 spiro atoms. The maximum atomic E-state index is 12.9. The number of halogens is 6. The van der Waals surface area contributed by atoms with Crippen molar-refractivity contribution in [1.29, 1.82) is 0 Å². The zero-order chi connectivity index (χ0) is 20.5. The topological polar surface area (TPSA) is 35.9 Å². The third-order valence-corrected chi connectivity index (χ3v) is 4.32. The first-order valence-electron chi connectivity index (χ1n) is 8.25. The minimum atomic E-state index is -4.97. The highest BCUT2D eigenvalue weighted by molar-refractivity contribution is 5.73.